The van der Waals surface area contributed by atoms with Gasteiger partial charge in [0.1, 0.15) is 0 Å². The summed E-state index contributed by atoms with van der Waals surface area (Å²) in [5.74, 6) is 0.164. The summed E-state index contributed by atoms with van der Waals surface area (Å²) in [6.45, 7) is 2.74. The van der Waals surface area contributed by atoms with Crippen molar-refractivity contribution in [3.63, 3.8) is 0 Å². The minimum atomic E-state index is -0.0142. The number of nitrogens with one attached hydrogen (secondary N) is 1. The number of aromatic nitrogens is 1. The lowest BCUT2D eigenvalue weighted by molar-refractivity contribution is 0.0690. The van der Waals surface area contributed by atoms with Crippen molar-refractivity contribution in [2.24, 2.45) is 5.92 Å². The molecule has 2 unspecified atom stereocenters. The third kappa shape index (κ3) is 2.17. The molecule has 1 aliphatic heterocycles. The van der Waals surface area contributed by atoms with Gasteiger partial charge < -0.3 is 9.72 Å². The molecule has 0 radical (unpaired) electrons. The van der Waals surface area contributed by atoms with Crippen molar-refractivity contribution < 1.29 is 9.53 Å². The van der Waals surface area contributed by atoms with E-state index in [0.29, 0.717) is 11.6 Å². The Morgan fingerprint density at radius 3 is 3.16 bits per heavy atom. The van der Waals surface area contributed by atoms with Crippen LogP contribution in [0.2, 0.25) is 5.02 Å². The number of halogens is 1. The van der Waals surface area contributed by atoms with E-state index < -0.39 is 0 Å². The Hall–Kier alpha value is -1.32. The van der Waals surface area contributed by atoms with E-state index >= 15 is 0 Å². The Labute approximate surface area is 116 Å². The molecule has 2 aromatic rings. The zero-order chi connectivity index (χ0) is 13.4. The molecule has 100 valence electrons. The first-order valence-electron chi connectivity index (χ1n) is 6.63. The molecule has 4 heteroatoms. The summed E-state index contributed by atoms with van der Waals surface area (Å²) in [5, 5.41) is 1.61. The fraction of sp³-hybridized carbons (Fsp3) is 0.400. The van der Waals surface area contributed by atoms with Crippen molar-refractivity contribution in [1.29, 1.82) is 0 Å². The van der Waals surface area contributed by atoms with Crippen molar-refractivity contribution in [2.45, 2.75) is 25.9 Å². The second-order valence-electron chi connectivity index (χ2n) is 4.97. The summed E-state index contributed by atoms with van der Waals surface area (Å²) in [5.41, 5.74) is 1.66. The molecule has 2 heterocycles. The first-order chi connectivity index (χ1) is 9.20. The minimum absolute atomic E-state index is 0.0142. The number of carbonyl (C=O) groups is 1. The molecule has 1 aromatic heterocycles. The molecule has 0 amide bonds. The summed E-state index contributed by atoms with van der Waals surface area (Å²) in [6.07, 6.45) is 3.54. The van der Waals surface area contributed by atoms with E-state index in [1.807, 2.05) is 18.2 Å². The van der Waals surface area contributed by atoms with Gasteiger partial charge in [-0.15, -0.1) is 0 Å². The van der Waals surface area contributed by atoms with E-state index in [0.717, 1.165) is 29.3 Å². The van der Waals surface area contributed by atoms with Crippen LogP contribution in [0.4, 0.5) is 0 Å². The number of hydrogen-bond donors (Lipinski definition) is 1. The van der Waals surface area contributed by atoms with Gasteiger partial charge in [0.05, 0.1) is 12.0 Å². The molecule has 1 N–H and O–H groups in total. The van der Waals surface area contributed by atoms with Crippen LogP contribution in [-0.4, -0.2) is 23.5 Å². The van der Waals surface area contributed by atoms with Crippen LogP contribution in [0.15, 0.2) is 24.4 Å². The van der Waals surface area contributed by atoms with Crippen LogP contribution < -0.4 is 0 Å². The Morgan fingerprint density at radius 2 is 2.37 bits per heavy atom. The van der Waals surface area contributed by atoms with Crippen LogP contribution in [0.3, 0.4) is 0 Å². The normalized spacial score (nSPS) is 23.1. The Balaban J connectivity index is 1.98. The Bertz CT molecular complexity index is 620. The monoisotopic (exact) mass is 277 g/mol. The number of hydrogen-bond acceptors (Lipinski definition) is 2. The van der Waals surface area contributed by atoms with E-state index in [9.17, 15) is 4.79 Å². The zero-order valence-corrected chi connectivity index (χ0v) is 11.5. The first kappa shape index (κ1) is 12.7. The van der Waals surface area contributed by atoms with Crippen LogP contribution in [0.1, 0.15) is 30.1 Å². The number of Topliss-reactive ketones (excluding diaryl/α,β-unsaturated/α-hetero) is 1. The number of ether oxygens (including phenoxy) is 1. The molecule has 2 atom stereocenters. The third-order valence-electron chi connectivity index (χ3n) is 3.86. The maximum absolute atomic E-state index is 12.6. The van der Waals surface area contributed by atoms with Gasteiger partial charge in [-0.25, -0.2) is 0 Å². The highest BCUT2D eigenvalue weighted by atomic mass is 35.5. The molecule has 1 fully saturated rings. The average molecular weight is 278 g/mol. The first-order valence-corrected chi connectivity index (χ1v) is 7.01. The second kappa shape index (κ2) is 4.99. The molecule has 19 heavy (non-hydrogen) atoms. The van der Waals surface area contributed by atoms with Crippen LogP contribution >= 0.6 is 11.6 Å². The third-order valence-corrected chi connectivity index (χ3v) is 4.09. The number of carbonyl (C=O) groups excluding carboxylic acids is 1. The van der Waals surface area contributed by atoms with E-state index in [2.05, 4.69) is 11.9 Å². The van der Waals surface area contributed by atoms with Crippen LogP contribution in [-0.2, 0) is 4.74 Å². The quantitative estimate of drug-likeness (QED) is 0.867. The number of ketones is 1. The van der Waals surface area contributed by atoms with E-state index in [-0.39, 0.29) is 17.8 Å². The molecule has 0 bridgehead atoms. The van der Waals surface area contributed by atoms with Gasteiger partial charge in [0.25, 0.3) is 0 Å². The van der Waals surface area contributed by atoms with Crippen LogP contribution in [0.25, 0.3) is 10.9 Å². The number of H-pyrrole nitrogens is 1. The lowest BCUT2D eigenvalue weighted by Gasteiger charge is -2.14. The maximum atomic E-state index is 12.6. The SMILES string of the molecule is CCC1OCCC1C(=O)c1c[nH]c2cc(Cl)ccc12. The predicted octanol–water partition coefficient (Wildman–Crippen LogP) is 3.82. The van der Waals surface area contributed by atoms with Crippen molar-refractivity contribution >= 4 is 28.3 Å². The summed E-state index contributed by atoms with van der Waals surface area (Å²) >= 11 is 5.96. The van der Waals surface area contributed by atoms with Gasteiger partial charge >= 0.3 is 0 Å². The standard InChI is InChI=1S/C15H16ClNO2/c1-2-14-11(5-6-19-14)15(18)12-8-17-13-7-9(16)3-4-10(12)13/h3-4,7-8,11,14,17H,2,5-6H2,1H3. The van der Waals surface area contributed by atoms with Crippen molar-refractivity contribution in [3.8, 4) is 0 Å². The van der Waals surface area contributed by atoms with Crippen molar-refractivity contribution in [1.82, 2.24) is 4.98 Å². The average Bonchev–Trinajstić information content (AvgIpc) is 3.03. The maximum Gasteiger partial charge on any atom is 0.170 e. The minimum Gasteiger partial charge on any atom is -0.377 e. The number of rotatable bonds is 3. The van der Waals surface area contributed by atoms with Gasteiger partial charge in [0, 0.05) is 34.3 Å². The fourth-order valence-electron chi connectivity index (χ4n) is 2.85. The molecule has 3 rings (SSSR count). The summed E-state index contributed by atoms with van der Waals surface area (Å²) < 4.78 is 5.61. The Kier molecular flexibility index (Phi) is 3.33. The molecule has 0 saturated carbocycles. The van der Waals surface area contributed by atoms with Crippen molar-refractivity contribution in [3.05, 3.63) is 35.0 Å². The molecule has 1 aliphatic rings. The van der Waals surface area contributed by atoms with Gasteiger partial charge in [0.15, 0.2) is 5.78 Å². The lowest BCUT2D eigenvalue weighted by Crippen LogP contribution is -2.23. The zero-order valence-electron chi connectivity index (χ0n) is 10.8. The highest BCUT2D eigenvalue weighted by molar-refractivity contribution is 6.31. The molecular formula is C15H16ClNO2. The Morgan fingerprint density at radius 1 is 1.53 bits per heavy atom. The summed E-state index contributed by atoms with van der Waals surface area (Å²) in [4.78, 5) is 15.8. The molecule has 1 saturated heterocycles. The van der Waals surface area contributed by atoms with E-state index in [1.54, 1.807) is 6.20 Å². The predicted molar refractivity (Wildman–Crippen MR) is 75.8 cm³/mol. The highest BCUT2D eigenvalue weighted by Gasteiger charge is 2.34. The molecule has 0 spiro atoms. The van der Waals surface area contributed by atoms with Gasteiger partial charge in [-0.1, -0.05) is 24.6 Å². The molecule has 0 aliphatic carbocycles. The largest absolute Gasteiger partial charge is 0.377 e. The second-order valence-corrected chi connectivity index (χ2v) is 5.41. The number of benzene rings is 1. The van der Waals surface area contributed by atoms with Gasteiger partial charge in [-0.2, -0.15) is 0 Å². The topological polar surface area (TPSA) is 42.1 Å². The molecule has 1 aromatic carbocycles. The van der Waals surface area contributed by atoms with Crippen LogP contribution in [0, 0.1) is 5.92 Å². The summed E-state index contributed by atoms with van der Waals surface area (Å²) in [6, 6.07) is 5.56. The smallest absolute Gasteiger partial charge is 0.170 e. The fourth-order valence-corrected chi connectivity index (χ4v) is 3.02. The van der Waals surface area contributed by atoms with Crippen LogP contribution in [0.5, 0.6) is 0 Å². The van der Waals surface area contributed by atoms with E-state index in [4.69, 9.17) is 16.3 Å². The lowest BCUT2D eigenvalue weighted by atomic mass is 9.90. The highest BCUT2D eigenvalue weighted by Crippen LogP contribution is 2.30. The molecular weight excluding hydrogens is 262 g/mol. The number of fused-ring (bicyclic) bond motifs is 1. The molecule has 3 nitrogen and oxygen atoms in total. The van der Waals surface area contributed by atoms with Gasteiger partial charge in [-0.3, -0.25) is 4.79 Å². The van der Waals surface area contributed by atoms with Gasteiger partial charge in [0.2, 0.25) is 0 Å². The van der Waals surface area contributed by atoms with Gasteiger partial charge in [-0.05, 0) is 25.0 Å². The van der Waals surface area contributed by atoms with E-state index in [1.165, 1.54) is 0 Å². The van der Waals surface area contributed by atoms with Crippen molar-refractivity contribution in [2.75, 3.05) is 6.61 Å². The summed E-state index contributed by atoms with van der Waals surface area (Å²) in [7, 11) is 0. The number of aromatic amines is 1.